The number of halogens is 4. The number of nitrogens with zero attached hydrogens (tertiary/aromatic N) is 5. The van der Waals surface area contributed by atoms with Crippen LogP contribution in [-0.4, -0.2) is 49.3 Å². The summed E-state index contributed by atoms with van der Waals surface area (Å²) in [5.41, 5.74) is 2.62. The smallest absolute Gasteiger partial charge is 0.416 e. The molecule has 14 heteroatoms. The van der Waals surface area contributed by atoms with Gasteiger partial charge in [0.15, 0.2) is 5.16 Å². The number of esters is 1. The standard InChI is InChI=1S/C36H33F4N5O4S/c1-3-49-33(47)22-44(19-24-4-8-27(9-5-24)28-10-12-30(13-11-28)36(38,39)40)32(46)21-45-20-29(16-26-17-41-43(2)18-26)34(48)42-35(45)50-23-25-6-14-31(37)15-7-25/h4-15,17-18,20H,3,16,19,21-23H2,1-2H3. The lowest BCUT2D eigenvalue weighted by Gasteiger charge is -2.23. The number of benzene rings is 3. The maximum absolute atomic E-state index is 13.9. The highest BCUT2D eigenvalue weighted by atomic mass is 32.2. The van der Waals surface area contributed by atoms with Crippen molar-refractivity contribution in [2.75, 3.05) is 13.2 Å². The van der Waals surface area contributed by atoms with Crippen LogP contribution in [0.15, 0.2) is 101 Å². The van der Waals surface area contributed by atoms with E-state index in [0.29, 0.717) is 28.0 Å². The number of alkyl halides is 3. The molecule has 0 aliphatic rings. The van der Waals surface area contributed by atoms with E-state index in [2.05, 4.69) is 10.1 Å². The summed E-state index contributed by atoms with van der Waals surface area (Å²) in [7, 11) is 1.76. The molecule has 9 nitrogen and oxygen atoms in total. The predicted molar refractivity (Wildman–Crippen MR) is 179 cm³/mol. The number of thioether (sulfide) groups is 1. The van der Waals surface area contributed by atoms with E-state index in [1.807, 2.05) is 0 Å². The first-order valence-corrected chi connectivity index (χ1v) is 16.5. The van der Waals surface area contributed by atoms with Crippen LogP contribution in [0.5, 0.6) is 0 Å². The monoisotopic (exact) mass is 707 g/mol. The average Bonchev–Trinajstić information content (AvgIpc) is 3.50. The Labute approximate surface area is 289 Å². The molecule has 0 radical (unpaired) electrons. The second kappa shape index (κ2) is 16.0. The third-order valence-corrected chi connectivity index (χ3v) is 8.68. The summed E-state index contributed by atoms with van der Waals surface area (Å²) in [6.07, 6.45) is 0.779. The van der Waals surface area contributed by atoms with E-state index in [1.165, 1.54) is 40.9 Å². The number of carbonyl (C=O) groups excluding carboxylic acids is 2. The second-order valence-electron chi connectivity index (χ2n) is 11.4. The first-order valence-electron chi connectivity index (χ1n) is 15.5. The first kappa shape index (κ1) is 36.1. The molecular weight excluding hydrogens is 674 g/mol. The van der Waals surface area contributed by atoms with Crippen LogP contribution in [0.2, 0.25) is 0 Å². The molecule has 1 amide bonds. The Balaban J connectivity index is 1.39. The molecule has 5 rings (SSSR count). The van der Waals surface area contributed by atoms with E-state index < -0.39 is 29.2 Å². The second-order valence-corrected chi connectivity index (χ2v) is 12.4. The lowest BCUT2D eigenvalue weighted by molar-refractivity contribution is -0.149. The molecule has 0 spiro atoms. The van der Waals surface area contributed by atoms with Gasteiger partial charge < -0.3 is 14.2 Å². The van der Waals surface area contributed by atoms with Crippen molar-refractivity contribution in [3.8, 4) is 11.1 Å². The molecule has 0 aliphatic heterocycles. The Kier molecular flexibility index (Phi) is 11.5. The lowest BCUT2D eigenvalue weighted by atomic mass is 10.0. The summed E-state index contributed by atoms with van der Waals surface area (Å²) in [5, 5.41) is 4.42. The third-order valence-electron chi connectivity index (χ3n) is 7.62. The summed E-state index contributed by atoms with van der Waals surface area (Å²) in [5.74, 6) is -1.09. The van der Waals surface area contributed by atoms with Crippen LogP contribution in [0, 0.1) is 5.82 Å². The highest BCUT2D eigenvalue weighted by molar-refractivity contribution is 7.98. The van der Waals surface area contributed by atoms with E-state index >= 15 is 0 Å². The van der Waals surface area contributed by atoms with Crippen LogP contribution < -0.4 is 5.56 Å². The zero-order chi connectivity index (χ0) is 35.8. The van der Waals surface area contributed by atoms with Crippen LogP contribution in [0.4, 0.5) is 17.6 Å². The molecule has 3 aromatic carbocycles. The van der Waals surface area contributed by atoms with Gasteiger partial charge in [-0.15, -0.1) is 0 Å². The van der Waals surface area contributed by atoms with Crippen molar-refractivity contribution in [3.05, 3.63) is 135 Å². The van der Waals surface area contributed by atoms with Crippen LogP contribution in [0.3, 0.4) is 0 Å². The van der Waals surface area contributed by atoms with Gasteiger partial charge in [-0.05, 0) is 59.0 Å². The minimum absolute atomic E-state index is 0.0269. The van der Waals surface area contributed by atoms with Gasteiger partial charge in [0.1, 0.15) is 18.9 Å². The molecule has 2 aromatic heterocycles. The fourth-order valence-corrected chi connectivity index (χ4v) is 6.02. The molecule has 0 bridgehead atoms. The highest BCUT2D eigenvalue weighted by Gasteiger charge is 2.30. The van der Waals surface area contributed by atoms with Crippen molar-refractivity contribution in [2.24, 2.45) is 7.05 Å². The molecule has 2 heterocycles. The first-order chi connectivity index (χ1) is 23.9. The molecule has 5 aromatic rings. The van der Waals surface area contributed by atoms with Crippen molar-refractivity contribution in [3.63, 3.8) is 0 Å². The van der Waals surface area contributed by atoms with Gasteiger partial charge >= 0.3 is 12.1 Å². The number of aryl methyl sites for hydroxylation is 1. The van der Waals surface area contributed by atoms with E-state index in [-0.39, 0.29) is 43.6 Å². The van der Waals surface area contributed by atoms with E-state index in [1.54, 1.807) is 78.2 Å². The van der Waals surface area contributed by atoms with E-state index in [0.717, 1.165) is 23.3 Å². The van der Waals surface area contributed by atoms with E-state index in [4.69, 9.17) is 4.74 Å². The van der Waals surface area contributed by atoms with Gasteiger partial charge in [0.25, 0.3) is 5.56 Å². The SMILES string of the molecule is CCOC(=O)CN(Cc1ccc(-c2ccc(C(F)(F)F)cc2)cc1)C(=O)Cn1cc(Cc2cnn(C)c2)c(=O)nc1SCc1ccc(F)cc1. The normalized spacial score (nSPS) is 11.4. The zero-order valence-electron chi connectivity index (χ0n) is 27.2. The zero-order valence-corrected chi connectivity index (χ0v) is 28.0. The maximum atomic E-state index is 13.9. The quantitative estimate of drug-likeness (QED) is 0.0616. The summed E-state index contributed by atoms with van der Waals surface area (Å²) in [4.78, 5) is 45.2. The number of aromatic nitrogens is 4. The van der Waals surface area contributed by atoms with Gasteiger partial charge in [-0.1, -0.05) is 60.3 Å². The number of hydrogen-bond donors (Lipinski definition) is 0. The van der Waals surface area contributed by atoms with Crippen molar-refractivity contribution in [2.45, 2.75) is 43.5 Å². The molecule has 0 fully saturated rings. The molecular formula is C36H33F4N5O4S. The van der Waals surface area contributed by atoms with Crippen molar-refractivity contribution in [1.82, 2.24) is 24.2 Å². The van der Waals surface area contributed by atoms with Gasteiger partial charge in [-0.2, -0.15) is 23.3 Å². The molecule has 260 valence electrons. The highest BCUT2D eigenvalue weighted by Crippen LogP contribution is 2.31. The summed E-state index contributed by atoms with van der Waals surface area (Å²) in [6, 6.07) is 17.6. The molecule has 0 aliphatic carbocycles. The number of amides is 1. The van der Waals surface area contributed by atoms with Crippen LogP contribution in [0.1, 0.15) is 34.7 Å². The van der Waals surface area contributed by atoms with Crippen molar-refractivity contribution in [1.29, 1.82) is 0 Å². The maximum Gasteiger partial charge on any atom is 0.416 e. The van der Waals surface area contributed by atoms with Gasteiger partial charge in [0.2, 0.25) is 5.91 Å². The average molecular weight is 708 g/mol. The Morgan fingerprint density at radius 1 is 0.900 bits per heavy atom. The number of rotatable bonds is 13. The topological polar surface area (TPSA) is 99.3 Å². The van der Waals surface area contributed by atoms with Gasteiger partial charge in [0.05, 0.1) is 18.4 Å². The van der Waals surface area contributed by atoms with Crippen LogP contribution in [0.25, 0.3) is 11.1 Å². The summed E-state index contributed by atoms with van der Waals surface area (Å²) < 4.78 is 60.8. The number of carbonyl (C=O) groups is 2. The Bertz CT molecular complexity index is 1990. The Morgan fingerprint density at radius 3 is 2.14 bits per heavy atom. The molecule has 0 atom stereocenters. The molecule has 0 unspecified atom stereocenters. The largest absolute Gasteiger partial charge is 0.465 e. The lowest BCUT2D eigenvalue weighted by Crippen LogP contribution is -2.38. The Morgan fingerprint density at radius 2 is 1.54 bits per heavy atom. The minimum atomic E-state index is -4.44. The predicted octanol–water partition coefficient (Wildman–Crippen LogP) is 6.28. The molecule has 50 heavy (non-hydrogen) atoms. The minimum Gasteiger partial charge on any atom is -0.465 e. The van der Waals surface area contributed by atoms with Gasteiger partial charge in [-0.25, -0.2) is 4.39 Å². The van der Waals surface area contributed by atoms with Gasteiger partial charge in [-0.3, -0.25) is 19.1 Å². The fraction of sp³-hybridized carbons (Fsp3) is 0.250. The number of ether oxygens (including phenoxy) is 1. The van der Waals surface area contributed by atoms with Crippen molar-refractivity contribution < 1.29 is 31.9 Å². The van der Waals surface area contributed by atoms with Gasteiger partial charge in [0, 0.05) is 43.7 Å². The number of hydrogen-bond acceptors (Lipinski definition) is 7. The van der Waals surface area contributed by atoms with Crippen LogP contribution >= 0.6 is 11.8 Å². The van der Waals surface area contributed by atoms with Crippen molar-refractivity contribution >= 4 is 23.6 Å². The summed E-state index contributed by atoms with van der Waals surface area (Å²) in [6.45, 7) is 1.20. The molecule has 0 saturated carbocycles. The molecule has 0 N–H and O–H groups in total. The third kappa shape index (κ3) is 9.68. The van der Waals surface area contributed by atoms with Crippen LogP contribution in [-0.2, 0) is 52.8 Å². The molecule has 0 saturated heterocycles. The summed E-state index contributed by atoms with van der Waals surface area (Å²) >= 11 is 1.21. The Hall–Kier alpha value is -5.24. The fourth-order valence-electron chi connectivity index (χ4n) is 5.10. The van der Waals surface area contributed by atoms with E-state index in [9.17, 15) is 31.9 Å².